The van der Waals surface area contributed by atoms with Gasteiger partial charge in [0.1, 0.15) is 18.2 Å². The van der Waals surface area contributed by atoms with Crippen molar-refractivity contribution in [1.82, 2.24) is 9.88 Å². The maximum atomic E-state index is 12.7. The van der Waals surface area contributed by atoms with E-state index in [4.69, 9.17) is 14.6 Å². The van der Waals surface area contributed by atoms with Gasteiger partial charge in [-0.3, -0.25) is 0 Å². The first-order valence-corrected chi connectivity index (χ1v) is 12.2. The summed E-state index contributed by atoms with van der Waals surface area (Å²) in [5.74, 6) is 0.730. The zero-order chi connectivity index (χ0) is 22.1. The molecule has 0 bridgehead atoms. The molecule has 0 aliphatic heterocycles. The van der Waals surface area contributed by atoms with Gasteiger partial charge < -0.3 is 24.5 Å². The predicted octanol–water partition coefficient (Wildman–Crippen LogP) is 3.53. The lowest BCUT2D eigenvalue weighted by atomic mass is 10.1. The van der Waals surface area contributed by atoms with Gasteiger partial charge in [-0.25, -0.2) is 9.59 Å². The number of hydrogen-bond donors (Lipinski definition) is 2. The standard InChI is InChI=1S/C21H30N2O5S2/c1-21(2,3)28-20(26)22-17(19(25)27-10-12-30-29-11-9-24)13-15-14-23(4)18-8-6-5-7-16(15)18/h5-8,14,17,24H,9-13H2,1-4H3,(H,22,26)/t17-/m1/s1. The van der Waals surface area contributed by atoms with Crippen LogP contribution in [0.5, 0.6) is 0 Å². The fourth-order valence-electron chi connectivity index (χ4n) is 2.88. The van der Waals surface area contributed by atoms with Gasteiger partial charge in [-0.1, -0.05) is 39.8 Å². The van der Waals surface area contributed by atoms with Gasteiger partial charge in [0.2, 0.25) is 0 Å². The van der Waals surface area contributed by atoms with Gasteiger partial charge in [0, 0.05) is 42.1 Å². The molecule has 1 aromatic heterocycles. The van der Waals surface area contributed by atoms with Crippen LogP contribution in [0, 0.1) is 0 Å². The Morgan fingerprint density at radius 3 is 2.60 bits per heavy atom. The van der Waals surface area contributed by atoms with Crippen molar-refractivity contribution in [3.63, 3.8) is 0 Å². The molecular formula is C21H30N2O5S2. The van der Waals surface area contributed by atoms with Crippen molar-refractivity contribution in [1.29, 1.82) is 0 Å². The van der Waals surface area contributed by atoms with E-state index >= 15 is 0 Å². The molecule has 2 rings (SSSR count). The van der Waals surface area contributed by atoms with E-state index in [1.165, 1.54) is 21.6 Å². The Hall–Kier alpha value is -1.84. The van der Waals surface area contributed by atoms with Gasteiger partial charge in [-0.05, 0) is 32.4 Å². The first-order valence-electron chi connectivity index (χ1n) is 9.75. The van der Waals surface area contributed by atoms with E-state index in [0.717, 1.165) is 16.5 Å². The average Bonchev–Trinajstić information content (AvgIpc) is 2.98. The lowest BCUT2D eigenvalue weighted by Crippen LogP contribution is -2.45. The Morgan fingerprint density at radius 1 is 1.20 bits per heavy atom. The number of aliphatic hydroxyl groups excluding tert-OH is 1. The van der Waals surface area contributed by atoms with E-state index in [2.05, 4.69) is 5.32 Å². The van der Waals surface area contributed by atoms with Gasteiger partial charge in [0.15, 0.2) is 0 Å². The number of rotatable bonds is 10. The number of nitrogens with one attached hydrogen (secondary N) is 1. The minimum absolute atomic E-state index is 0.115. The van der Waals surface area contributed by atoms with Gasteiger partial charge >= 0.3 is 12.1 Å². The van der Waals surface area contributed by atoms with Gasteiger partial charge in [-0.2, -0.15) is 0 Å². The average molecular weight is 455 g/mol. The molecule has 0 aliphatic rings. The van der Waals surface area contributed by atoms with Crippen LogP contribution in [0.2, 0.25) is 0 Å². The molecule has 0 radical (unpaired) electrons. The number of hydrogen-bond acceptors (Lipinski definition) is 7. The Balaban J connectivity index is 2.08. The van der Waals surface area contributed by atoms with E-state index in [0.29, 0.717) is 17.9 Å². The molecule has 0 saturated carbocycles. The Kier molecular flexibility index (Phi) is 9.38. The van der Waals surface area contributed by atoms with Crippen molar-refractivity contribution < 1.29 is 24.2 Å². The summed E-state index contributed by atoms with van der Waals surface area (Å²) in [5, 5.41) is 12.5. The van der Waals surface area contributed by atoms with Crippen molar-refractivity contribution in [3.05, 3.63) is 36.0 Å². The summed E-state index contributed by atoms with van der Waals surface area (Å²) in [5.41, 5.74) is 1.33. The molecule has 0 unspecified atom stereocenters. The number of aliphatic hydroxyl groups is 1. The predicted molar refractivity (Wildman–Crippen MR) is 123 cm³/mol. The van der Waals surface area contributed by atoms with Gasteiger partial charge in [0.25, 0.3) is 0 Å². The Labute approximate surface area is 185 Å². The highest BCUT2D eigenvalue weighted by Crippen LogP contribution is 2.23. The lowest BCUT2D eigenvalue weighted by molar-refractivity contribution is -0.145. The number of benzene rings is 1. The molecule has 30 heavy (non-hydrogen) atoms. The highest BCUT2D eigenvalue weighted by molar-refractivity contribution is 8.76. The zero-order valence-corrected chi connectivity index (χ0v) is 19.5. The Morgan fingerprint density at radius 2 is 1.90 bits per heavy atom. The second-order valence-electron chi connectivity index (χ2n) is 7.72. The van der Waals surface area contributed by atoms with Crippen LogP contribution < -0.4 is 5.32 Å². The molecule has 166 valence electrons. The first-order chi connectivity index (χ1) is 14.2. The van der Waals surface area contributed by atoms with Crippen LogP contribution in [-0.2, 0) is 27.7 Å². The highest BCUT2D eigenvalue weighted by Gasteiger charge is 2.27. The molecule has 2 N–H and O–H groups in total. The summed E-state index contributed by atoms with van der Waals surface area (Å²) in [4.78, 5) is 25.0. The zero-order valence-electron chi connectivity index (χ0n) is 17.8. The third kappa shape index (κ3) is 7.77. The summed E-state index contributed by atoms with van der Waals surface area (Å²) in [6.07, 6.45) is 1.60. The molecule has 1 amide bonds. The number of carbonyl (C=O) groups is 2. The topological polar surface area (TPSA) is 89.8 Å². The number of carbonyl (C=O) groups excluding carboxylic acids is 2. The number of fused-ring (bicyclic) bond motifs is 1. The van der Waals surface area contributed by atoms with Crippen molar-refractivity contribution in [3.8, 4) is 0 Å². The molecule has 1 aromatic carbocycles. The van der Waals surface area contributed by atoms with Crippen LogP contribution in [0.25, 0.3) is 10.9 Å². The van der Waals surface area contributed by atoms with Crippen molar-refractivity contribution in [2.24, 2.45) is 7.05 Å². The molecule has 2 aromatic rings. The third-order valence-corrected chi connectivity index (χ3v) is 6.40. The van der Waals surface area contributed by atoms with E-state index in [1.54, 1.807) is 20.8 Å². The largest absolute Gasteiger partial charge is 0.463 e. The molecule has 1 atom stereocenters. The van der Waals surface area contributed by atoms with Crippen molar-refractivity contribution in [2.45, 2.75) is 38.8 Å². The van der Waals surface area contributed by atoms with E-state index in [9.17, 15) is 9.59 Å². The molecular weight excluding hydrogens is 424 g/mol. The maximum absolute atomic E-state index is 12.7. The van der Waals surface area contributed by atoms with E-state index in [1.807, 2.05) is 42.1 Å². The summed E-state index contributed by atoms with van der Waals surface area (Å²) in [7, 11) is 4.99. The first kappa shape index (κ1) is 24.4. The molecule has 9 heteroatoms. The number of aromatic nitrogens is 1. The fourth-order valence-corrected chi connectivity index (χ4v) is 4.48. The summed E-state index contributed by atoms with van der Waals surface area (Å²) >= 11 is 0. The van der Waals surface area contributed by atoms with Crippen LogP contribution in [0.3, 0.4) is 0 Å². The molecule has 0 saturated heterocycles. The third-order valence-electron chi connectivity index (χ3n) is 4.05. The van der Waals surface area contributed by atoms with E-state index in [-0.39, 0.29) is 13.2 Å². The SMILES string of the molecule is Cn1cc(C[C@@H](NC(=O)OC(C)(C)C)C(=O)OCCSSCCO)c2ccccc21. The van der Waals surface area contributed by atoms with E-state index < -0.39 is 23.7 Å². The Bertz CT molecular complexity index is 848. The highest BCUT2D eigenvalue weighted by atomic mass is 33.1. The maximum Gasteiger partial charge on any atom is 0.408 e. The molecule has 0 spiro atoms. The number of esters is 1. The quantitative estimate of drug-likeness (QED) is 0.322. The second-order valence-corrected chi connectivity index (χ2v) is 10.4. The van der Waals surface area contributed by atoms with Crippen molar-refractivity contribution >= 4 is 44.6 Å². The number of amides is 1. The van der Waals surface area contributed by atoms with Crippen LogP contribution in [0.15, 0.2) is 30.5 Å². The summed E-state index contributed by atoms with van der Waals surface area (Å²) in [6.45, 7) is 5.65. The minimum Gasteiger partial charge on any atom is -0.463 e. The normalized spacial score (nSPS) is 12.6. The van der Waals surface area contributed by atoms with Gasteiger partial charge in [-0.15, -0.1) is 0 Å². The van der Waals surface area contributed by atoms with Gasteiger partial charge in [0.05, 0.1) is 6.61 Å². The number of aryl methyl sites for hydroxylation is 1. The van der Waals surface area contributed by atoms with Crippen molar-refractivity contribution in [2.75, 3.05) is 24.7 Å². The fraction of sp³-hybridized carbons (Fsp3) is 0.524. The number of para-hydroxylation sites is 1. The monoisotopic (exact) mass is 454 g/mol. The van der Waals surface area contributed by atoms with Crippen LogP contribution in [0.1, 0.15) is 26.3 Å². The molecule has 7 nitrogen and oxygen atoms in total. The second kappa shape index (κ2) is 11.5. The smallest absolute Gasteiger partial charge is 0.408 e. The van der Waals surface area contributed by atoms with Crippen LogP contribution >= 0.6 is 21.6 Å². The molecule has 0 fully saturated rings. The van der Waals surface area contributed by atoms with Crippen LogP contribution in [-0.4, -0.2) is 58.1 Å². The number of alkyl carbamates (subject to hydrolysis) is 1. The molecule has 0 aliphatic carbocycles. The summed E-state index contributed by atoms with van der Waals surface area (Å²) < 4.78 is 12.7. The molecule has 1 heterocycles. The summed E-state index contributed by atoms with van der Waals surface area (Å²) in [6, 6.07) is 7.05. The number of nitrogens with zero attached hydrogens (tertiary/aromatic N) is 1. The number of ether oxygens (including phenoxy) is 2. The van der Waals surface area contributed by atoms with Crippen LogP contribution in [0.4, 0.5) is 4.79 Å². The lowest BCUT2D eigenvalue weighted by Gasteiger charge is -2.23. The minimum atomic E-state index is -0.860.